The van der Waals surface area contributed by atoms with Crippen molar-refractivity contribution in [1.29, 1.82) is 0 Å². The average Bonchev–Trinajstić information content (AvgIpc) is 3.60. The van der Waals surface area contributed by atoms with Crippen LogP contribution in [-0.2, 0) is 11.3 Å². The van der Waals surface area contributed by atoms with E-state index in [9.17, 15) is 9.59 Å². The van der Waals surface area contributed by atoms with E-state index in [0.29, 0.717) is 28.3 Å². The van der Waals surface area contributed by atoms with Crippen molar-refractivity contribution in [1.82, 2.24) is 25.1 Å². The highest BCUT2D eigenvalue weighted by atomic mass is 32.2. The quantitative estimate of drug-likeness (QED) is 0.127. The van der Waals surface area contributed by atoms with Crippen molar-refractivity contribution in [3.05, 3.63) is 89.2 Å². The Kier molecular flexibility index (Phi) is 9.50. The zero-order valence-electron chi connectivity index (χ0n) is 23.7. The highest BCUT2D eigenvalue weighted by Gasteiger charge is 2.19. The maximum Gasteiger partial charge on any atom is 0.251 e. The molecule has 0 unspecified atom stereocenters. The number of rotatable bonds is 12. The van der Waals surface area contributed by atoms with Gasteiger partial charge in [-0.2, -0.15) is 0 Å². The van der Waals surface area contributed by atoms with Gasteiger partial charge in [-0.3, -0.25) is 14.2 Å². The summed E-state index contributed by atoms with van der Waals surface area (Å²) in [4.78, 5) is 30.2. The second-order valence-electron chi connectivity index (χ2n) is 9.69. The first-order valence-electron chi connectivity index (χ1n) is 13.7. The van der Waals surface area contributed by atoms with Gasteiger partial charge in [0.1, 0.15) is 5.75 Å². The number of hydrogen-bond donors (Lipinski definition) is 2. The molecule has 0 atom stereocenters. The predicted molar refractivity (Wildman–Crippen MR) is 168 cm³/mol. The molecule has 0 spiro atoms. The number of carbonyl (C=O) groups is 2. The fourth-order valence-corrected chi connectivity index (χ4v) is 5.88. The maximum atomic E-state index is 12.9. The first kappa shape index (κ1) is 29.3. The molecule has 2 amide bonds. The molecule has 5 aromatic rings. The van der Waals surface area contributed by atoms with Gasteiger partial charge >= 0.3 is 0 Å². The molecule has 0 aliphatic rings. The lowest BCUT2D eigenvalue weighted by molar-refractivity contribution is -0.113. The summed E-state index contributed by atoms with van der Waals surface area (Å²) < 4.78 is 8.62. The number of aryl methyl sites for hydroxylation is 1. The Hall–Kier alpha value is -4.22. The summed E-state index contributed by atoms with van der Waals surface area (Å²) >= 11 is 2.71. The molecular formula is C31H32N6O3S2. The van der Waals surface area contributed by atoms with Crippen LogP contribution >= 0.6 is 23.1 Å². The van der Waals surface area contributed by atoms with Crippen molar-refractivity contribution in [2.45, 2.75) is 45.3 Å². The lowest BCUT2D eigenvalue weighted by Gasteiger charge is -2.15. The van der Waals surface area contributed by atoms with E-state index in [1.165, 1.54) is 23.1 Å². The van der Waals surface area contributed by atoms with Gasteiger partial charge in [0.25, 0.3) is 5.91 Å². The van der Waals surface area contributed by atoms with Gasteiger partial charge in [-0.1, -0.05) is 60.7 Å². The normalized spacial score (nSPS) is 11.0. The molecule has 42 heavy (non-hydrogen) atoms. The number of unbranched alkanes of at least 4 members (excludes halogenated alkanes) is 1. The number of benzene rings is 3. The highest BCUT2D eigenvalue weighted by molar-refractivity contribution is 7.99. The van der Waals surface area contributed by atoms with E-state index in [1.807, 2.05) is 60.9 Å². The molecule has 2 aromatic heterocycles. The maximum absolute atomic E-state index is 12.9. The third kappa shape index (κ3) is 6.97. The summed E-state index contributed by atoms with van der Waals surface area (Å²) in [6.45, 7) is 7.00. The Morgan fingerprint density at radius 3 is 2.60 bits per heavy atom. The molecule has 0 aliphatic carbocycles. The van der Waals surface area contributed by atoms with Gasteiger partial charge in [0.2, 0.25) is 5.91 Å². The average molecular weight is 601 g/mol. The molecule has 0 fully saturated rings. The molecule has 3 aromatic carbocycles. The van der Waals surface area contributed by atoms with E-state index in [0.717, 1.165) is 45.6 Å². The first-order valence-corrected chi connectivity index (χ1v) is 15.5. The van der Waals surface area contributed by atoms with Crippen molar-refractivity contribution >= 4 is 50.3 Å². The van der Waals surface area contributed by atoms with Crippen molar-refractivity contribution < 1.29 is 14.3 Å². The van der Waals surface area contributed by atoms with E-state index in [1.54, 1.807) is 24.3 Å². The monoisotopic (exact) mass is 600 g/mol. The molecule has 0 saturated heterocycles. The number of hydrogen-bond acceptors (Lipinski definition) is 8. The SMILES string of the molecule is CCCCOc1ccc(C(=O)NCc2nnc(SCC(=O)Nc3nc4ccccc4s3)n2-c2cccc(C)c2C)cc1. The number of thioether (sulfide) groups is 1. The van der Waals surface area contributed by atoms with Crippen LogP contribution in [0.5, 0.6) is 5.75 Å². The second-order valence-corrected chi connectivity index (χ2v) is 11.7. The third-order valence-electron chi connectivity index (χ3n) is 6.68. The van der Waals surface area contributed by atoms with Crippen LogP contribution in [0.25, 0.3) is 15.9 Å². The fourth-order valence-electron chi connectivity index (χ4n) is 4.24. The molecule has 5 rings (SSSR count). The summed E-state index contributed by atoms with van der Waals surface area (Å²) in [7, 11) is 0. The van der Waals surface area contributed by atoms with Gasteiger partial charge in [0.15, 0.2) is 16.1 Å². The second kappa shape index (κ2) is 13.6. The number of thiazole rings is 1. The molecular weight excluding hydrogens is 569 g/mol. The molecule has 0 radical (unpaired) electrons. The van der Waals surface area contributed by atoms with Gasteiger partial charge < -0.3 is 15.4 Å². The van der Waals surface area contributed by atoms with Crippen molar-refractivity contribution in [3.8, 4) is 11.4 Å². The first-order chi connectivity index (χ1) is 20.4. The van der Waals surface area contributed by atoms with Crippen LogP contribution < -0.4 is 15.4 Å². The van der Waals surface area contributed by atoms with E-state index in [-0.39, 0.29) is 24.1 Å². The van der Waals surface area contributed by atoms with E-state index in [4.69, 9.17) is 4.74 Å². The number of amides is 2. The number of para-hydroxylation sites is 1. The smallest absolute Gasteiger partial charge is 0.251 e. The fraction of sp³-hybridized carbons (Fsp3) is 0.258. The van der Waals surface area contributed by atoms with Gasteiger partial charge in [-0.15, -0.1) is 10.2 Å². The molecule has 0 saturated carbocycles. The zero-order chi connectivity index (χ0) is 29.5. The Balaban J connectivity index is 1.29. The molecule has 2 heterocycles. The van der Waals surface area contributed by atoms with Crippen LogP contribution in [0.3, 0.4) is 0 Å². The predicted octanol–water partition coefficient (Wildman–Crippen LogP) is 6.33. The largest absolute Gasteiger partial charge is 0.494 e. The number of carbonyl (C=O) groups excluding carboxylic acids is 2. The molecule has 216 valence electrons. The number of fused-ring (bicyclic) bond motifs is 1. The van der Waals surface area contributed by atoms with E-state index in [2.05, 4.69) is 32.7 Å². The van der Waals surface area contributed by atoms with E-state index >= 15 is 0 Å². The van der Waals surface area contributed by atoms with Gasteiger partial charge in [0.05, 0.1) is 34.8 Å². The Morgan fingerprint density at radius 1 is 1.00 bits per heavy atom. The number of aromatic nitrogens is 4. The molecule has 11 heteroatoms. The Bertz CT molecular complexity index is 1660. The van der Waals surface area contributed by atoms with Crippen LogP contribution in [0.1, 0.15) is 47.1 Å². The van der Waals surface area contributed by atoms with Crippen molar-refractivity contribution in [2.24, 2.45) is 0 Å². The van der Waals surface area contributed by atoms with Crippen LogP contribution in [0.2, 0.25) is 0 Å². The number of ether oxygens (including phenoxy) is 1. The summed E-state index contributed by atoms with van der Waals surface area (Å²) in [5, 5.41) is 15.7. The molecule has 2 N–H and O–H groups in total. The zero-order valence-corrected chi connectivity index (χ0v) is 25.3. The topological polar surface area (TPSA) is 111 Å². The summed E-state index contributed by atoms with van der Waals surface area (Å²) in [6.07, 6.45) is 2.04. The number of nitrogens with zero attached hydrogens (tertiary/aromatic N) is 4. The summed E-state index contributed by atoms with van der Waals surface area (Å²) in [6, 6.07) is 20.9. The highest BCUT2D eigenvalue weighted by Crippen LogP contribution is 2.28. The Labute approximate surface area is 252 Å². The lowest BCUT2D eigenvalue weighted by Crippen LogP contribution is -2.24. The van der Waals surface area contributed by atoms with Crippen LogP contribution in [0, 0.1) is 13.8 Å². The Morgan fingerprint density at radius 2 is 1.81 bits per heavy atom. The van der Waals surface area contributed by atoms with E-state index < -0.39 is 0 Å². The van der Waals surface area contributed by atoms with Crippen molar-refractivity contribution in [2.75, 3.05) is 17.7 Å². The van der Waals surface area contributed by atoms with Gasteiger partial charge in [-0.25, -0.2) is 4.98 Å². The molecule has 9 nitrogen and oxygen atoms in total. The minimum absolute atomic E-state index is 0.123. The summed E-state index contributed by atoms with van der Waals surface area (Å²) in [5.41, 5.74) is 4.44. The van der Waals surface area contributed by atoms with Crippen LogP contribution in [0.4, 0.5) is 5.13 Å². The summed E-state index contributed by atoms with van der Waals surface area (Å²) in [5.74, 6) is 1.01. The lowest BCUT2D eigenvalue weighted by atomic mass is 10.1. The van der Waals surface area contributed by atoms with Crippen molar-refractivity contribution in [3.63, 3.8) is 0 Å². The molecule has 0 bridgehead atoms. The number of anilines is 1. The molecule has 0 aliphatic heterocycles. The van der Waals surface area contributed by atoms with Gasteiger partial charge in [0, 0.05) is 5.56 Å². The van der Waals surface area contributed by atoms with Gasteiger partial charge in [-0.05, 0) is 73.9 Å². The minimum Gasteiger partial charge on any atom is -0.494 e. The minimum atomic E-state index is -0.227. The third-order valence-corrected chi connectivity index (χ3v) is 8.56. The standard InChI is InChI=1S/C31H32N6O3S2/c1-4-5-17-40-23-15-13-22(14-16-23)29(39)32-18-27-35-36-31(37(27)25-11-8-9-20(2)21(25)3)41-19-28(38)34-30-33-24-10-6-7-12-26(24)42-30/h6-16H,4-5,17-19H2,1-3H3,(H,32,39)(H,33,34,38). The number of nitrogens with one attached hydrogen (secondary N) is 2. The van der Waals surface area contributed by atoms with Crippen LogP contribution in [0.15, 0.2) is 71.9 Å². The van der Waals surface area contributed by atoms with Crippen LogP contribution in [-0.4, -0.2) is 43.9 Å².